The van der Waals surface area contributed by atoms with E-state index < -0.39 is 0 Å². The fourth-order valence-electron chi connectivity index (χ4n) is 2.32. The minimum absolute atomic E-state index is 0.0586. The third-order valence-electron chi connectivity index (χ3n) is 3.35. The number of hydrogen-bond donors (Lipinski definition) is 2. The topological polar surface area (TPSA) is 47.3 Å². The zero-order valence-corrected chi connectivity index (χ0v) is 10.8. The lowest BCUT2D eigenvalue weighted by Crippen LogP contribution is -2.17. The van der Waals surface area contributed by atoms with Gasteiger partial charge in [-0.2, -0.15) is 0 Å². The Labute approximate surface area is 107 Å². The molecule has 0 bridgehead atoms. The van der Waals surface area contributed by atoms with Crippen LogP contribution in [0.4, 0.5) is 0 Å². The van der Waals surface area contributed by atoms with Crippen molar-refractivity contribution in [3.05, 3.63) is 28.8 Å². The normalized spacial score (nSPS) is 21.5. The summed E-state index contributed by atoms with van der Waals surface area (Å²) in [7, 11) is 1.62. The van der Waals surface area contributed by atoms with Crippen molar-refractivity contribution in [1.82, 2.24) is 5.32 Å². The molecule has 2 rings (SSSR count). The first-order valence-corrected chi connectivity index (χ1v) is 6.38. The molecule has 3 nitrogen and oxygen atoms in total. The Morgan fingerprint density at radius 1 is 1.59 bits per heavy atom. The summed E-state index contributed by atoms with van der Waals surface area (Å²) in [5, 5.41) is 3.99. The highest BCUT2D eigenvalue weighted by Crippen LogP contribution is 2.29. The number of hydrogen-bond acceptors (Lipinski definition) is 3. The van der Waals surface area contributed by atoms with Crippen LogP contribution in [0.1, 0.15) is 24.4 Å². The zero-order valence-electron chi connectivity index (χ0n) is 10.1. The van der Waals surface area contributed by atoms with Crippen LogP contribution in [0, 0.1) is 5.92 Å². The van der Waals surface area contributed by atoms with Crippen LogP contribution in [0.25, 0.3) is 0 Å². The van der Waals surface area contributed by atoms with Gasteiger partial charge in [-0.05, 0) is 49.5 Å². The van der Waals surface area contributed by atoms with Gasteiger partial charge in [0.1, 0.15) is 5.75 Å². The van der Waals surface area contributed by atoms with Gasteiger partial charge < -0.3 is 15.8 Å². The lowest BCUT2D eigenvalue weighted by Gasteiger charge is -2.17. The maximum atomic E-state index is 6.21. The first-order valence-electron chi connectivity index (χ1n) is 6.00. The van der Waals surface area contributed by atoms with Crippen LogP contribution in [-0.2, 0) is 0 Å². The summed E-state index contributed by atoms with van der Waals surface area (Å²) in [6.45, 7) is 2.19. The molecule has 4 heteroatoms. The molecule has 0 aromatic heterocycles. The first kappa shape index (κ1) is 12.7. The highest BCUT2D eigenvalue weighted by molar-refractivity contribution is 6.32. The molecule has 2 unspecified atom stereocenters. The average molecular weight is 255 g/mol. The zero-order chi connectivity index (χ0) is 12.3. The second-order valence-electron chi connectivity index (χ2n) is 4.60. The Morgan fingerprint density at radius 2 is 2.41 bits per heavy atom. The number of ether oxygens (including phenoxy) is 1. The molecule has 0 aliphatic carbocycles. The van der Waals surface area contributed by atoms with E-state index in [0.29, 0.717) is 16.7 Å². The Morgan fingerprint density at radius 3 is 3.00 bits per heavy atom. The van der Waals surface area contributed by atoms with Gasteiger partial charge in [-0.15, -0.1) is 0 Å². The highest BCUT2D eigenvalue weighted by Gasteiger charge is 2.19. The van der Waals surface area contributed by atoms with E-state index in [0.717, 1.165) is 25.1 Å². The van der Waals surface area contributed by atoms with Gasteiger partial charge in [0.25, 0.3) is 0 Å². The molecular formula is C13H19ClN2O. The van der Waals surface area contributed by atoms with Crippen molar-refractivity contribution in [3.8, 4) is 5.75 Å². The van der Waals surface area contributed by atoms with E-state index in [4.69, 9.17) is 22.1 Å². The van der Waals surface area contributed by atoms with Gasteiger partial charge in [-0.3, -0.25) is 0 Å². The van der Waals surface area contributed by atoms with Crippen molar-refractivity contribution in [2.24, 2.45) is 11.7 Å². The van der Waals surface area contributed by atoms with Gasteiger partial charge in [-0.25, -0.2) is 0 Å². The molecular weight excluding hydrogens is 236 g/mol. The van der Waals surface area contributed by atoms with Gasteiger partial charge in [0, 0.05) is 6.04 Å². The molecule has 1 aliphatic rings. The summed E-state index contributed by atoms with van der Waals surface area (Å²) in [5.41, 5.74) is 7.29. The lowest BCUT2D eigenvalue weighted by molar-refractivity contribution is 0.414. The van der Waals surface area contributed by atoms with Crippen molar-refractivity contribution in [2.45, 2.75) is 18.9 Å². The second-order valence-corrected chi connectivity index (χ2v) is 5.00. The maximum absolute atomic E-state index is 6.21. The van der Waals surface area contributed by atoms with E-state index >= 15 is 0 Å². The highest BCUT2D eigenvalue weighted by atomic mass is 35.5. The molecule has 3 N–H and O–H groups in total. The van der Waals surface area contributed by atoms with Crippen molar-refractivity contribution >= 4 is 11.6 Å². The largest absolute Gasteiger partial charge is 0.495 e. The average Bonchev–Trinajstić information content (AvgIpc) is 2.81. The fourth-order valence-corrected chi connectivity index (χ4v) is 2.59. The summed E-state index contributed by atoms with van der Waals surface area (Å²) >= 11 is 6.10. The number of benzene rings is 1. The number of nitrogens with one attached hydrogen (secondary N) is 1. The summed E-state index contributed by atoms with van der Waals surface area (Å²) in [5.74, 6) is 1.39. The van der Waals surface area contributed by atoms with Crippen LogP contribution in [0.2, 0.25) is 5.02 Å². The quantitative estimate of drug-likeness (QED) is 0.867. The molecule has 0 radical (unpaired) electrons. The van der Waals surface area contributed by atoms with E-state index in [1.165, 1.54) is 6.42 Å². The van der Waals surface area contributed by atoms with Crippen molar-refractivity contribution < 1.29 is 4.74 Å². The van der Waals surface area contributed by atoms with Gasteiger partial charge in [0.2, 0.25) is 0 Å². The molecule has 0 saturated carbocycles. The minimum atomic E-state index is 0.0586. The lowest BCUT2D eigenvalue weighted by atomic mass is 9.95. The van der Waals surface area contributed by atoms with Gasteiger partial charge in [-0.1, -0.05) is 17.7 Å². The molecule has 1 saturated heterocycles. The van der Waals surface area contributed by atoms with Crippen LogP contribution in [0.15, 0.2) is 18.2 Å². The third-order valence-corrected chi connectivity index (χ3v) is 3.65. The summed E-state index contributed by atoms with van der Waals surface area (Å²) < 4.78 is 5.13. The molecule has 1 fully saturated rings. The van der Waals surface area contributed by atoms with Crippen molar-refractivity contribution in [3.63, 3.8) is 0 Å². The van der Waals surface area contributed by atoms with Crippen LogP contribution in [0.5, 0.6) is 5.75 Å². The molecule has 1 aliphatic heterocycles. The van der Waals surface area contributed by atoms with Gasteiger partial charge in [0.05, 0.1) is 12.1 Å². The second kappa shape index (κ2) is 5.71. The molecule has 2 atom stereocenters. The van der Waals surface area contributed by atoms with Crippen molar-refractivity contribution in [1.29, 1.82) is 0 Å². The number of rotatable bonds is 4. The van der Waals surface area contributed by atoms with Crippen LogP contribution in [-0.4, -0.2) is 20.2 Å². The smallest absolute Gasteiger partial charge is 0.137 e. The molecule has 0 spiro atoms. The Hall–Kier alpha value is -0.770. The number of halogens is 1. The van der Waals surface area contributed by atoms with E-state index in [1.54, 1.807) is 7.11 Å². The molecule has 1 aromatic carbocycles. The summed E-state index contributed by atoms with van der Waals surface area (Å²) in [6.07, 6.45) is 2.23. The Kier molecular flexibility index (Phi) is 4.26. The predicted octanol–water partition coefficient (Wildman–Crippen LogP) is 2.35. The van der Waals surface area contributed by atoms with E-state index in [9.17, 15) is 0 Å². The monoisotopic (exact) mass is 254 g/mol. The van der Waals surface area contributed by atoms with Crippen LogP contribution >= 0.6 is 11.6 Å². The third kappa shape index (κ3) is 3.12. The molecule has 94 valence electrons. The maximum Gasteiger partial charge on any atom is 0.137 e. The van der Waals surface area contributed by atoms with Crippen molar-refractivity contribution in [2.75, 3.05) is 20.2 Å². The predicted molar refractivity (Wildman–Crippen MR) is 70.5 cm³/mol. The van der Waals surface area contributed by atoms with E-state index in [1.807, 2.05) is 18.2 Å². The Balaban J connectivity index is 2.02. The molecule has 17 heavy (non-hydrogen) atoms. The number of nitrogens with two attached hydrogens (primary N) is 1. The Bertz CT molecular complexity index is 378. The first-order chi connectivity index (χ1) is 8.20. The SMILES string of the molecule is COc1ccc(C(N)CC2CCNC2)cc1Cl. The van der Waals surface area contributed by atoms with Crippen LogP contribution in [0.3, 0.4) is 0 Å². The minimum Gasteiger partial charge on any atom is -0.495 e. The molecule has 1 heterocycles. The van der Waals surface area contributed by atoms with Gasteiger partial charge in [0.15, 0.2) is 0 Å². The van der Waals surface area contributed by atoms with Gasteiger partial charge >= 0.3 is 0 Å². The van der Waals surface area contributed by atoms with Crippen LogP contribution < -0.4 is 15.8 Å². The van der Waals surface area contributed by atoms with E-state index in [-0.39, 0.29) is 6.04 Å². The van der Waals surface area contributed by atoms with E-state index in [2.05, 4.69) is 5.32 Å². The number of methoxy groups -OCH3 is 1. The standard InChI is InChI=1S/C13H19ClN2O/c1-17-13-3-2-10(7-11(13)14)12(15)6-9-4-5-16-8-9/h2-3,7,9,12,16H,4-6,8,15H2,1H3. The summed E-state index contributed by atoms with van der Waals surface area (Å²) in [6, 6.07) is 5.85. The molecule has 1 aromatic rings. The summed E-state index contributed by atoms with van der Waals surface area (Å²) in [4.78, 5) is 0. The fraction of sp³-hybridized carbons (Fsp3) is 0.538. The molecule has 0 amide bonds.